The van der Waals surface area contributed by atoms with Crippen LogP contribution in [0.25, 0.3) is 0 Å². The van der Waals surface area contributed by atoms with Crippen molar-refractivity contribution in [2.24, 2.45) is 11.7 Å². The predicted octanol–water partition coefficient (Wildman–Crippen LogP) is 3.36. The highest BCUT2D eigenvalue weighted by molar-refractivity contribution is 5.68. The van der Waals surface area contributed by atoms with Gasteiger partial charge in [-0.3, -0.25) is 0 Å². The average Bonchev–Trinajstić information content (AvgIpc) is 2.36. The lowest BCUT2D eigenvalue weighted by Gasteiger charge is -2.30. The number of carbonyl (C=O) groups is 1. The van der Waals surface area contributed by atoms with Crippen LogP contribution in [0.15, 0.2) is 12.7 Å². The minimum Gasteiger partial charge on any atom is -0.444 e. The van der Waals surface area contributed by atoms with E-state index in [0.717, 1.165) is 6.42 Å². The van der Waals surface area contributed by atoms with Crippen LogP contribution in [0.5, 0.6) is 0 Å². The Bertz CT molecular complexity index is 317. The van der Waals surface area contributed by atoms with Gasteiger partial charge in [0.1, 0.15) is 5.60 Å². The molecule has 3 N–H and O–H groups in total. The molecule has 1 rings (SSSR count). The van der Waals surface area contributed by atoms with E-state index >= 15 is 0 Å². The number of hydrogen-bond donors (Lipinski definition) is 2. The van der Waals surface area contributed by atoms with Gasteiger partial charge in [-0.1, -0.05) is 38.2 Å². The molecule has 0 spiro atoms. The molecule has 1 aliphatic rings. The van der Waals surface area contributed by atoms with E-state index in [1.54, 1.807) is 6.08 Å². The maximum atomic E-state index is 11.9. The zero-order chi connectivity index (χ0) is 15.2. The van der Waals surface area contributed by atoms with Crippen LogP contribution in [0.3, 0.4) is 0 Å². The van der Waals surface area contributed by atoms with E-state index in [1.807, 2.05) is 20.8 Å². The van der Waals surface area contributed by atoms with Crippen molar-refractivity contribution in [3.63, 3.8) is 0 Å². The third-order valence-electron chi connectivity index (χ3n) is 3.75. The fraction of sp³-hybridized carbons (Fsp3) is 0.812. The minimum absolute atomic E-state index is 0.0922. The monoisotopic (exact) mass is 282 g/mol. The van der Waals surface area contributed by atoms with Crippen LogP contribution in [0.4, 0.5) is 4.79 Å². The van der Waals surface area contributed by atoms with Crippen LogP contribution >= 0.6 is 0 Å². The van der Waals surface area contributed by atoms with Gasteiger partial charge in [-0.2, -0.15) is 0 Å². The Labute approximate surface area is 123 Å². The first kappa shape index (κ1) is 17.0. The predicted molar refractivity (Wildman–Crippen MR) is 82.5 cm³/mol. The molecule has 0 aromatic heterocycles. The van der Waals surface area contributed by atoms with Crippen LogP contribution in [0.1, 0.15) is 59.3 Å². The first-order valence-electron chi connectivity index (χ1n) is 7.69. The summed E-state index contributed by atoms with van der Waals surface area (Å²) in [5.74, 6) is 0.648. The molecule has 0 radical (unpaired) electrons. The van der Waals surface area contributed by atoms with Gasteiger partial charge < -0.3 is 15.8 Å². The molecule has 0 unspecified atom stereocenters. The molecule has 1 amide bonds. The van der Waals surface area contributed by atoms with E-state index in [-0.39, 0.29) is 12.1 Å². The molecule has 0 heterocycles. The van der Waals surface area contributed by atoms with Gasteiger partial charge in [-0.15, -0.1) is 6.58 Å². The van der Waals surface area contributed by atoms with Crippen molar-refractivity contribution in [1.29, 1.82) is 0 Å². The number of ether oxygens (including phenoxy) is 1. The second-order valence-electron chi connectivity index (χ2n) is 6.81. The molecule has 4 nitrogen and oxygen atoms in total. The molecular weight excluding hydrogens is 252 g/mol. The normalized spacial score (nSPS) is 20.0. The van der Waals surface area contributed by atoms with Gasteiger partial charge in [0.05, 0.1) is 6.04 Å². The number of carbonyl (C=O) groups excluding carboxylic acids is 1. The zero-order valence-electron chi connectivity index (χ0n) is 13.2. The topological polar surface area (TPSA) is 64.3 Å². The number of nitrogens with two attached hydrogens (primary N) is 1. The molecule has 1 fully saturated rings. The molecule has 1 saturated carbocycles. The fourth-order valence-corrected chi connectivity index (χ4v) is 2.72. The summed E-state index contributed by atoms with van der Waals surface area (Å²) in [5, 5.41) is 2.91. The highest BCUT2D eigenvalue weighted by Gasteiger charge is 2.25. The summed E-state index contributed by atoms with van der Waals surface area (Å²) in [6, 6.07) is -0.324. The van der Waals surface area contributed by atoms with E-state index in [2.05, 4.69) is 11.9 Å². The lowest BCUT2D eigenvalue weighted by atomic mass is 9.83. The lowest BCUT2D eigenvalue weighted by molar-refractivity contribution is 0.0490. The van der Waals surface area contributed by atoms with Crippen LogP contribution in [0, 0.1) is 5.92 Å². The Hall–Kier alpha value is -1.03. The number of rotatable bonds is 5. The molecule has 20 heavy (non-hydrogen) atoms. The Morgan fingerprint density at radius 1 is 1.40 bits per heavy atom. The molecular formula is C16H30N2O2. The molecule has 0 aromatic rings. The standard InChI is InChI=1S/C16H30N2O2/c1-5-13(17)14(11-12-9-7-6-8-10-12)18-15(19)20-16(2,3)4/h5,12-14H,1,6-11,17H2,2-4H3,(H,18,19)/t13-,14-/m0/s1. The molecule has 0 saturated heterocycles. The van der Waals surface area contributed by atoms with Crippen LogP contribution in [0.2, 0.25) is 0 Å². The van der Waals surface area contributed by atoms with Crippen LogP contribution in [-0.2, 0) is 4.74 Å². The Morgan fingerprint density at radius 3 is 2.50 bits per heavy atom. The zero-order valence-corrected chi connectivity index (χ0v) is 13.2. The summed E-state index contributed by atoms with van der Waals surface area (Å²) in [6.07, 6.45) is 8.58. The second-order valence-corrected chi connectivity index (χ2v) is 6.81. The van der Waals surface area contributed by atoms with Gasteiger partial charge in [0.2, 0.25) is 0 Å². The fourth-order valence-electron chi connectivity index (χ4n) is 2.72. The van der Waals surface area contributed by atoms with Gasteiger partial charge in [-0.05, 0) is 33.1 Å². The number of alkyl carbamates (subject to hydrolysis) is 1. The van der Waals surface area contributed by atoms with E-state index in [9.17, 15) is 4.79 Å². The Morgan fingerprint density at radius 2 is 2.00 bits per heavy atom. The molecule has 0 aliphatic heterocycles. The van der Waals surface area contributed by atoms with Gasteiger partial charge in [-0.25, -0.2) is 4.79 Å². The maximum absolute atomic E-state index is 11.9. The van der Waals surface area contributed by atoms with Gasteiger partial charge in [0, 0.05) is 6.04 Å². The first-order chi connectivity index (χ1) is 9.31. The van der Waals surface area contributed by atoms with Crippen molar-refractivity contribution in [2.75, 3.05) is 0 Å². The van der Waals surface area contributed by atoms with Crippen molar-refractivity contribution < 1.29 is 9.53 Å². The first-order valence-corrected chi connectivity index (χ1v) is 7.69. The van der Waals surface area contributed by atoms with E-state index < -0.39 is 11.7 Å². The third kappa shape index (κ3) is 6.42. The molecule has 4 heteroatoms. The number of hydrogen-bond acceptors (Lipinski definition) is 3. The molecule has 0 bridgehead atoms. The SMILES string of the molecule is C=C[C@H](N)[C@H](CC1CCCCC1)NC(=O)OC(C)(C)C. The largest absolute Gasteiger partial charge is 0.444 e. The highest BCUT2D eigenvalue weighted by Crippen LogP contribution is 2.28. The summed E-state index contributed by atoms with van der Waals surface area (Å²) in [4.78, 5) is 11.9. The number of amides is 1. The van der Waals surface area contributed by atoms with Crippen LogP contribution < -0.4 is 11.1 Å². The Kier molecular flexibility index (Phi) is 6.53. The average molecular weight is 282 g/mol. The van der Waals surface area contributed by atoms with Crippen molar-refractivity contribution in [3.8, 4) is 0 Å². The highest BCUT2D eigenvalue weighted by atomic mass is 16.6. The van der Waals surface area contributed by atoms with Crippen molar-refractivity contribution in [1.82, 2.24) is 5.32 Å². The van der Waals surface area contributed by atoms with E-state index in [4.69, 9.17) is 10.5 Å². The molecule has 0 aromatic carbocycles. The van der Waals surface area contributed by atoms with Crippen molar-refractivity contribution in [3.05, 3.63) is 12.7 Å². The summed E-state index contributed by atoms with van der Waals surface area (Å²) in [6.45, 7) is 9.31. The molecule has 1 aliphatic carbocycles. The van der Waals surface area contributed by atoms with Crippen molar-refractivity contribution >= 4 is 6.09 Å². The minimum atomic E-state index is -0.488. The summed E-state index contributed by atoms with van der Waals surface area (Å²) in [5.41, 5.74) is 5.57. The van der Waals surface area contributed by atoms with Crippen molar-refractivity contribution in [2.45, 2.75) is 77.0 Å². The number of nitrogens with one attached hydrogen (secondary N) is 1. The molecule has 2 atom stereocenters. The van der Waals surface area contributed by atoms with Gasteiger partial charge in [0.25, 0.3) is 0 Å². The molecule has 116 valence electrons. The van der Waals surface area contributed by atoms with E-state index in [0.29, 0.717) is 5.92 Å². The van der Waals surface area contributed by atoms with Gasteiger partial charge >= 0.3 is 6.09 Å². The van der Waals surface area contributed by atoms with Crippen LogP contribution in [-0.4, -0.2) is 23.8 Å². The second kappa shape index (κ2) is 7.67. The lowest BCUT2D eigenvalue weighted by Crippen LogP contribution is -2.49. The summed E-state index contributed by atoms with van der Waals surface area (Å²) < 4.78 is 5.31. The van der Waals surface area contributed by atoms with Gasteiger partial charge in [0.15, 0.2) is 0 Å². The third-order valence-corrected chi connectivity index (χ3v) is 3.75. The Balaban J connectivity index is 2.55. The summed E-state index contributed by atoms with van der Waals surface area (Å²) in [7, 11) is 0. The summed E-state index contributed by atoms with van der Waals surface area (Å²) >= 11 is 0. The smallest absolute Gasteiger partial charge is 0.407 e. The maximum Gasteiger partial charge on any atom is 0.407 e. The van der Waals surface area contributed by atoms with E-state index in [1.165, 1.54) is 32.1 Å². The quantitative estimate of drug-likeness (QED) is 0.760.